The number of carboxylic acids is 1. The molecule has 0 radical (unpaired) electrons. The summed E-state index contributed by atoms with van der Waals surface area (Å²) in [5, 5.41) is 16.5. The number of carboxylic acid groups (broad SMARTS) is 1. The summed E-state index contributed by atoms with van der Waals surface area (Å²) in [4.78, 5) is 11.0. The highest BCUT2D eigenvalue weighted by molar-refractivity contribution is 9.10. The Kier molecular flexibility index (Phi) is 4.73. The summed E-state index contributed by atoms with van der Waals surface area (Å²) in [6.45, 7) is 2.73. The Bertz CT molecular complexity index is 595. The summed E-state index contributed by atoms with van der Waals surface area (Å²) in [7, 11) is 0. The lowest BCUT2D eigenvalue weighted by Crippen LogP contribution is -2.13. The summed E-state index contributed by atoms with van der Waals surface area (Å²) in [5.41, 5.74) is 0.619. The average Bonchev–Trinajstić information content (AvgIpc) is 2.84. The van der Waals surface area contributed by atoms with E-state index < -0.39 is 5.97 Å². The minimum atomic E-state index is -1.05. The molecule has 0 saturated carbocycles. The van der Waals surface area contributed by atoms with E-state index >= 15 is 0 Å². The zero-order valence-corrected chi connectivity index (χ0v) is 12.5. The molecule has 0 spiro atoms. The topological polar surface area (TPSA) is 77.2 Å². The van der Waals surface area contributed by atoms with Crippen molar-refractivity contribution in [2.24, 2.45) is 0 Å². The molecule has 1 heterocycles. The van der Waals surface area contributed by atoms with Crippen LogP contribution in [0.2, 0.25) is 0 Å². The quantitative estimate of drug-likeness (QED) is 0.874. The Labute approximate surface area is 124 Å². The Morgan fingerprint density at radius 3 is 2.70 bits per heavy atom. The number of carbonyl (C=O) groups is 1. The van der Waals surface area contributed by atoms with Crippen molar-refractivity contribution in [1.82, 2.24) is 15.0 Å². The van der Waals surface area contributed by atoms with Crippen molar-refractivity contribution in [2.75, 3.05) is 6.61 Å². The first kappa shape index (κ1) is 14.5. The fraction of sp³-hybridized carbons (Fsp3) is 0.308. The van der Waals surface area contributed by atoms with E-state index in [2.05, 4.69) is 26.2 Å². The molecule has 20 heavy (non-hydrogen) atoms. The molecule has 0 bridgehead atoms. The van der Waals surface area contributed by atoms with Crippen LogP contribution in [0.1, 0.15) is 23.1 Å². The van der Waals surface area contributed by atoms with Gasteiger partial charge >= 0.3 is 5.97 Å². The zero-order valence-electron chi connectivity index (χ0n) is 10.9. The largest absolute Gasteiger partial charge is 0.492 e. The summed E-state index contributed by atoms with van der Waals surface area (Å²) in [6, 6.07) is 7.50. The van der Waals surface area contributed by atoms with Gasteiger partial charge in [0.05, 0.1) is 12.2 Å². The van der Waals surface area contributed by atoms with Crippen LogP contribution in [0.5, 0.6) is 5.75 Å². The van der Waals surface area contributed by atoms with E-state index in [1.807, 2.05) is 31.2 Å². The second kappa shape index (κ2) is 6.51. The summed E-state index contributed by atoms with van der Waals surface area (Å²) < 4.78 is 8.14. The fourth-order valence-electron chi connectivity index (χ4n) is 1.81. The normalized spacial score (nSPS) is 10.5. The van der Waals surface area contributed by atoms with Crippen molar-refractivity contribution in [3.05, 3.63) is 40.1 Å². The van der Waals surface area contributed by atoms with Gasteiger partial charge < -0.3 is 9.84 Å². The lowest BCUT2D eigenvalue weighted by atomic mass is 10.2. The number of aromatic carboxylic acids is 1. The zero-order chi connectivity index (χ0) is 14.5. The fourth-order valence-corrected chi connectivity index (χ4v) is 2.07. The molecule has 0 aliphatic rings. The average molecular weight is 340 g/mol. The van der Waals surface area contributed by atoms with Gasteiger partial charge in [-0.15, -0.1) is 5.10 Å². The molecule has 1 N–H and O–H groups in total. The van der Waals surface area contributed by atoms with Crippen LogP contribution < -0.4 is 4.74 Å². The third kappa shape index (κ3) is 3.36. The monoisotopic (exact) mass is 339 g/mol. The lowest BCUT2D eigenvalue weighted by Gasteiger charge is -2.08. The molecule has 106 valence electrons. The number of hydrogen-bond acceptors (Lipinski definition) is 4. The van der Waals surface area contributed by atoms with Gasteiger partial charge in [0.15, 0.2) is 5.69 Å². The van der Waals surface area contributed by atoms with Gasteiger partial charge in [-0.05, 0) is 30.7 Å². The molecule has 7 heteroatoms. The Morgan fingerprint density at radius 2 is 2.10 bits per heavy atom. The van der Waals surface area contributed by atoms with Crippen molar-refractivity contribution in [1.29, 1.82) is 0 Å². The summed E-state index contributed by atoms with van der Waals surface area (Å²) in [6.07, 6.45) is 0.562. The van der Waals surface area contributed by atoms with Gasteiger partial charge in [-0.3, -0.25) is 0 Å². The second-order valence-electron chi connectivity index (χ2n) is 4.07. The number of aromatic nitrogens is 3. The molecule has 6 nitrogen and oxygen atoms in total. The Hall–Kier alpha value is -1.89. The smallest absolute Gasteiger partial charge is 0.358 e. The number of rotatable bonds is 6. The molecule has 2 aromatic rings. The maximum absolute atomic E-state index is 11.0. The van der Waals surface area contributed by atoms with E-state index in [0.29, 0.717) is 25.3 Å². The number of ether oxygens (including phenoxy) is 1. The molecule has 0 aliphatic carbocycles. The predicted octanol–water partition coefficient (Wildman–Crippen LogP) is 2.38. The molecular formula is C13H14BrN3O3. The molecule has 0 fully saturated rings. The number of nitrogens with zero attached hydrogens (tertiary/aromatic N) is 3. The molecule has 0 atom stereocenters. The van der Waals surface area contributed by atoms with Crippen molar-refractivity contribution in [3.8, 4) is 5.75 Å². The van der Waals surface area contributed by atoms with Crippen LogP contribution in [0.3, 0.4) is 0 Å². The Balaban J connectivity index is 1.97. The molecule has 0 saturated heterocycles. The van der Waals surface area contributed by atoms with Gasteiger partial charge in [-0.2, -0.15) is 0 Å². The van der Waals surface area contributed by atoms with E-state index in [1.165, 1.54) is 0 Å². The van der Waals surface area contributed by atoms with Gasteiger partial charge in [0, 0.05) is 4.47 Å². The molecule has 0 unspecified atom stereocenters. The molecule has 0 amide bonds. The van der Waals surface area contributed by atoms with Gasteiger partial charge in [-0.25, -0.2) is 9.48 Å². The Morgan fingerprint density at radius 1 is 1.40 bits per heavy atom. The number of halogens is 1. The molecule has 1 aromatic carbocycles. The van der Waals surface area contributed by atoms with E-state index in [1.54, 1.807) is 4.68 Å². The van der Waals surface area contributed by atoms with Crippen LogP contribution in [0.15, 0.2) is 28.7 Å². The predicted molar refractivity (Wildman–Crippen MR) is 76.0 cm³/mol. The first-order chi connectivity index (χ1) is 9.61. The van der Waals surface area contributed by atoms with Crippen LogP contribution in [-0.2, 0) is 13.0 Å². The lowest BCUT2D eigenvalue weighted by molar-refractivity contribution is 0.0689. The molecule has 1 aromatic heterocycles. The first-order valence-electron chi connectivity index (χ1n) is 6.15. The van der Waals surface area contributed by atoms with Crippen LogP contribution >= 0.6 is 15.9 Å². The standard InChI is InChI=1S/C13H14BrN3O3/c1-2-11-12(13(18)19)15-16-17(11)7-8-20-10-5-3-9(14)4-6-10/h3-6H,2,7-8H2,1H3,(H,18,19). The van der Waals surface area contributed by atoms with Crippen molar-refractivity contribution in [3.63, 3.8) is 0 Å². The SMILES string of the molecule is CCc1c(C(=O)O)nnn1CCOc1ccc(Br)cc1. The maximum Gasteiger partial charge on any atom is 0.358 e. The van der Waals surface area contributed by atoms with E-state index in [9.17, 15) is 4.79 Å². The maximum atomic E-state index is 11.0. The highest BCUT2D eigenvalue weighted by atomic mass is 79.9. The van der Waals surface area contributed by atoms with Crippen LogP contribution in [0, 0.1) is 0 Å². The van der Waals surface area contributed by atoms with Crippen LogP contribution in [0.25, 0.3) is 0 Å². The highest BCUT2D eigenvalue weighted by Crippen LogP contribution is 2.16. The van der Waals surface area contributed by atoms with Crippen molar-refractivity contribution < 1.29 is 14.6 Å². The number of benzene rings is 1. The highest BCUT2D eigenvalue weighted by Gasteiger charge is 2.16. The second-order valence-corrected chi connectivity index (χ2v) is 4.98. The van der Waals surface area contributed by atoms with Crippen molar-refractivity contribution >= 4 is 21.9 Å². The van der Waals surface area contributed by atoms with Crippen LogP contribution in [0.4, 0.5) is 0 Å². The van der Waals surface area contributed by atoms with Crippen molar-refractivity contribution in [2.45, 2.75) is 19.9 Å². The van der Waals surface area contributed by atoms with E-state index in [0.717, 1.165) is 10.2 Å². The van der Waals surface area contributed by atoms with E-state index in [-0.39, 0.29) is 5.69 Å². The third-order valence-electron chi connectivity index (χ3n) is 2.76. The first-order valence-corrected chi connectivity index (χ1v) is 6.95. The minimum Gasteiger partial charge on any atom is -0.492 e. The van der Waals surface area contributed by atoms with Gasteiger partial charge in [0.2, 0.25) is 0 Å². The van der Waals surface area contributed by atoms with E-state index in [4.69, 9.17) is 9.84 Å². The van der Waals surface area contributed by atoms with Gasteiger partial charge in [0.1, 0.15) is 12.4 Å². The summed E-state index contributed by atoms with van der Waals surface area (Å²) >= 11 is 3.35. The number of hydrogen-bond donors (Lipinski definition) is 1. The molecular weight excluding hydrogens is 326 g/mol. The van der Waals surface area contributed by atoms with Gasteiger partial charge in [0.25, 0.3) is 0 Å². The minimum absolute atomic E-state index is 0.0103. The summed E-state index contributed by atoms with van der Waals surface area (Å²) in [5.74, 6) is -0.299. The molecule has 2 rings (SSSR count). The molecule has 0 aliphatic heterocycles. The van der Waals surface area contributed by atoms with Gasteiger partial charge in [-0.1, -0.05) is 28.1 Å². The van der Waals surface area contributed by atoms with Crippen LogP contribution in [-0.4, -0.2) is 32.7 Å². The third-order valence-corrected chi connectivity index (χ3v) is 3.29.